The fraction of sp³-hybridized carbons (Fsp3) is 0.625. The van der Waals surface area contributed by atoms with E-state index in [9.17, 15) is 5.39 Å². The standard InChI is InChI=1S/C16H24N3O2/c1-3-5-10-21-16-11-13(18-17)15(20-4-2)12-14(16)19-8-6-7-9-19/h11-12H,3-10H2,1-2H3/q+1. The van der Waals surface area contributed by atoms with E-state index in [0.29, 0.717) is 24.7 Å². The van der Waals surface area contributed by atoms with Crippen LogP contribution in [0.2, 0.25) is 0 Å². The van der Waals surface area contributed by atoms with Gasteiger partial charge in [-0.15, -0.1) is 0 Å². The Morgan fingerprint density at radius 3 is 2.52 bits per heavy atom. The van der Waals surface area contributed by atoms with Gasteiger partial charge in [-0.3, -0.25) is 0 Å². The topological polar surface area (TPSA) is 49.9 Å². The zero-order valence-electron chi connectivity index (χ0n) is 13.0. The Balaban J connectivity index is 2.32. The van der Waals surface area contributed by atoms with E-state index in [1.165, 1.54) is 12.8 Å². The van der Waals surface area contributed by atoms with Crippen LogP contribution in [0.1, 0.15) is 39.5 Å². The van der Waals surface area contributed by atoms with Gasteiger partial charge in [0.1, 0.15) is 0 Å². The summed E-state index contributed by atoms with van der Waals surface area (Å²) in [6, 6.07) is 3.71. The van der Waals surface area contributed by atoms with Crippen molar-refractivity contribution in [1.29, 1.82) is 5.39 Å². The summed E-state index contributed by atoms with van der Waals surface area (Å²) in [6.07, 6.45) is 4.50. The van der Waals surface area contributed by atoms with Crippen LogP contribution in [0, 0.1) is 5.39 Å². The Labute approximate surface area is 126 Å². The van der Waals surface area contributed by atoms with Crippen molar-refractivity contribution in [2.24, 2.45) is 0 Å². The van der Waals surface area contributed by atoms with E-state index in [2.05, 4.69) is 16.8 Å². The Morgan fingerprint density at radius 2 is 1.90 bits per heavy atom. The number of ether oxygens (including phenoxy) is 2. The number of hydrogen-bond donors (Lipinski definition) is 0. The van der Waals surface area contributed by atoms with Crippen LogP contribution >= 0.6 is 0 Å². The van der Waals surface area contributed by atoms with Crippen molar-refractivity contribution >= 4 is 11.4 Å². The van der Waals surface area contributed by atoms with E-state index >= 15 is 0 Å². The van der Waals surface area contributed by atoms with Gasteiger partial charge in [-0.05, 0) is 26.2 Å². The molecule has 21 heavy (non-hydrogen) atoms. The Bertz CT molecular complexity index is 505. The lowest BCUT2D eigenvalue weighted by Gasteiger charge is -2.21. The van der Waals surface area contributed by atoms with Crippen molar-refractivity contribution in [2.45, 2.75) is 39.5 Å². The van der Waals surface area contributed by atoms with Gasteiger partial charge in [-0.2, -0.15) is 0 Å². The molecule has 0 amide bonds. The van der Waals surface area contributed by atoms with Gasteiger partial charge >= 0.3 is 5.69 Å². The molecule has 5 nitrogen and oxygen atoms in total. The molecule has 1 aromatic rings. The van der Waals surface area contributed by atoms with Crippen LogP contribution in [0.3, 0.4) is 0 Å². The molecule has 1 saturated heterocycles. The number of unbranched alkanes of at least 4 members (excludes halogenated alkanes) is 1. The normalized spacial score (nSPS) is 14.0. The molecule has 0 radical (unpaired) electrons. The summed E-state index contributed by atoms with van der Waals surface area (Å²) in [5, 5.41) is 9.17. The van der Waals surface area contributed by atoms with Gasteiger partial charge in [-0.1, -0.05) is 13.3 Å². The van der Waals surface area contributed by atoms with Crippen LogP contribution in [0.4, 0.5) is 11.4 Å². The van der Waals surface area contributed by atoms with E-state index in [1.54, 1.807) is 6.07 Å². The second kappa shape index (κ2) is 7.72. The first kappa shape index (κ1) is 15.4. The third kappa shape index (κ3) is 3.78. The first-order valence-electron chi connectivity index (χ1n) is 7.83. The van der Waals surface area contributed by atoms with Crippen molar-refractivity contribution in [3.05, 3.63) is 17.1 Å². The fourth-order valence-electron chi connectivity index (χ4n) is 2.53. The molecule has 0 N–H and O–H groups in total. The van der Waals surface area contributed by atoms with Gasteiger partial charge in [0.25, 0.3) is 0 Å². The molecule has 0 saturated carbocycles. The monoisotopic (exact) mass is 290 g/mol. The van der Waals surface area contributed by atoms with E-state index in [-0.39, 0.29) is 0 Å². The van der Waals surface area contributed by atoms with Crippen LogP contribution in [-0.2, 0) is 0 Å². The summed E-state index contributed by atoms with van der Waals surface area (Å²) in [7, 11) is 0. The van der Waals surface area contributed by atoms with Crippen molar-refractivity contribution in [3.63, 3.8) is 0 Å². The summed E-state index contributed by atoms with van der Waals surface area (Å²) in [5.74, 6) is 1.38. The third-order valence-electron chi connectivity index (χ3n) is 3.65. The number of diazo groups is 1. The highest BCUT2D eigenvalue weighted by atomic mass is 16.5. The predicted molar refractivity (Wildman–Crippen MR) is 84.2 cm³/mol. The molecule has 114 valence electrons. The highest BCUT2D eigenvalue weighted by Gasteiger charge is 2.25. The summed E-state index contributed by atoms with van der Waals surface area (Å²) in [4.78, 5) is 5.63. The molecular formula is C16H24N3O2+. The molecule has 0 spiro atoms. The minimum atomic E-state index is 0.422. The molecule has 2 rings (SSSR count). The highest BCUT2D eigenvalue weighted by Crippen LogP contribution is 2.41. The molecular weight excluding hydrogens is 266 g/mol. The molecule has 0 aromatic heterocycles. The SMILES string of the molecule is CCCCOc1cc([N+]#N)c(OCC)cc1N1CCCC1. The van der Waals surface area contributed by atoms with Crippen molar-refractivity contribution in [3.8, 4) is 11.5 Å². The Hall–Kier alpha value is -1.96. The summed E-state index contributed by atoms with van der Waals surface area (Å²) in [6.45, 7) is 7.34. The van der Waals surface area contributed by atoms with Gasteiger partial charge in [-0.25, -0.2) is 0 Å². The first-order valence-corrected chi connectivity index (χ1v) is 7.83. The third-order valence-corrected chi connectivity index (χ3v) is 3.65. The highest BCUT2D eigenvalue weighted by molar-refractivity contribution is 5.72. The maximum atomic E-state index is 9.17. The number of rotatable bonds is 7. The molecule has 0 bridgehead atoms. The number of anilines is 1. The minimum absolute atomic E-state index is 0.422. The maximum absolute atomic E-state index is 9.17. The van der Waals surface area contributed by atoms with Gasteiger partial charge in [0.2, 0.25) is 11.1 Å². The average Bonchev–Trinajstić information content (AvgIpc) is 3.02. The van der Waals surface area contributed by atoms with Gasteiger partial charge < -0.3 is 14.4 Å². The quantitative estimate of drug-likeness (QED) is 0.553. The van der Waals surface area contributed by atoms with E-state index in [0.717, 1.165) is 37.4 Å². The smallest absolute Gasteiger partial charge is 0.430 e. The molecule has 0 atom stereocenters. The van der Waals surface area contributed by atoms with Crippen LogP contribution < -0.4 is 14.4 Å². The number of nitrogens with zero attached hydrogens (tertiary/aromatic N) is 3. The molecule has 1 heterocycles. The van der Waals surface area contributed by atoms with Crippen LogP contribution in [0.25, 0.3) is 4.98 Å². The van der Waals surface area contributed by atoms with Crippen LogP contribution in [-0.4, -0.2) is 26.3 Å². The molecule has 5 heteroatoms. The van der Waals surface area contributed by atoms with Crippen molar-refractivity contribution < 1.29 is 9.47 Å². The van der Waals surface area contributed by atoms with Crippen molar-refractivity contribution in [2.75, 3.05) is 31.2 Å². The fourth-order valence-corrected chi connectivity index (χ4v) is 2.53. The second-order valence-corrected chi connectivity index (χ2v) is 5.22. The van der Waals surface area contributed by atoms with Crippen LogP contribution in [0.5, 0.6) is 11.5 Å². The van der Waals surface area contributed by atoms with Gasteiger partial charge in [0.15, 0.2) is 10.7 Å². The second-order valence-electron chi connectivity index (χ2n) is 5.22. The lowest BCUT2D eigenvalue weighted by molar-refractivity contribution is 0.308. The first-order chi connectivity index (χ1) is 10.3. The molecule has 0 aliphatic carbocycles. The summed E-state index contributed by atoms with van der Waals surface area (Å²) in [5.41, 5.74) is 1.46. The summed E-state index contributed by atoms with van der Waals surface area (Å²) >= 11 is 0. The average molecular weight is 290 g/mol. The Morgan fingerprint density at radius 1 is 1.14 bits per heavy atom. The Kier molecular flexibility index (Phi) is 5.68. The van der Waals surface area contributed by atoms with Crippen LogP contribution in [0.15, 0.2) is 12.1 Å². The van der Waals surface area contributed by atoms with E-state index in [4.69, 9.17) is 9.47 Å². The zero-order valence-corrected chi connectivity index (χ0v) is 13.0. The van der Waals surface area contributed by atoms with Gasteiger partial charge in [0, 0.05) is 19.2 Å². The molecule has 1 aromatic carbocycles. The van der Waals surface area contributed by atoms with E-state index < -0.39 is 0 Å². The zero-order chi connectivity index (χ0) is 15.1. The lowest BCUT2D eigenvalue weighted by Crippen LogP contribution is -2.19. The number of hydrogen-bond acceptors (Lipinski definition) is 4. The molecule has 1 aliphatic rings. The lowest BCUT2D eigenvalue weighted by atomic mass is 10.2. The predicted octanol–water partition coefficient (Wildman–Crippen LogP) is 4.35. The maximum Gasteiger partial charge on any atom is 0.430 e. The molecule has 1 fully saturated rings. The molecule has 1 aliphatic heterocycles. The molecule has 0 unspecified atom stereocenters. The van der Waals surface area contributed by atoms with E-state index in [1.807, 2.05) is 13.0 Å². The van der Waals surface area contributed by atoms with Gasteiger partial charge in [0.05, 0.1) is 25.0 Å². The number of benzene rings is 1. The minimum Gasteiger partial charge on any atom is -0.491 e. The summed E-state index contributed by atoms with van der Waals surface area (Å²) < 4.78 is 11.5. The van der Waals surface area contributed by atoms with Crippen molar-refractivity contribution in [1.82, 2.24) is 0 Å². The largest absolute Gasteiger partial charge is 0.491 e.